The zero-order valence-electron chi connectivity index (χ0n) is 19.3. The Morgan fingerprint density at radius 1 is 0.971 bits per heavy atom. The second-order valence-electron chi connectivity index (χ2n) is 7.76. The molecular formula is C25H26FN3O5. The van der Waals surface area contributed by atoms with Gasteiger partial charge in [-0.15, -0.1) is 0 Å². The van der Waals surface area contributed by atoms with E-state index in [1.807, 2.05) is 6.07 Å². The molecule has 0 unspecified atom stereocenters. The second-order valence-corrected chi connectivity index (χ2v) is 7.76. The lowest BCUT2D eigenvalue weighted by Crippen LogP contribution is -2.50. The summed E-state index contributed by atoms with van der Waals surface area (Å²) in [5, 5.41) is 0.425. The van der Waals surface area contributed by atoms with Crippen LogP contribution in [0, 0.1) is 5.82 Å². The van der Waals surface area contributed by atoms with Gasteiger partial charge >= 0.3 is 6.09 Å². The number of methoxy groups -OCH3 is 2. The molecule has 0 atom stereocenters. The maximum absolute atomic E-state index is 14.1. The van der Waals surface area contributed by atoms with E-state index in [9.17, 15) is 14.0 Å². The van der Waals surface area contributed by atoms with E-state index in [-0.39, 0.29) is 12.0 Å². The minimum Gasteiger partial charge on any atom is -0.497 e. The van der Waals surface area contributed by atoms with Crippen molar-refractivity contribution in [3.8, 4) is 22.8 Å². The number of halogens is 1. The normalized spacial score (nSPS) is 13.6. The SMILES string of the molecule is CCOC(=O)N1CCN(C(=O)c2cc(-c3ccc(OC)cc3OC)nc3ccc(F)cc23)CC1. The summed E-state index contributed by atoms with van der Waals surface area (Å²) in [5.74, 6) is 0.453. The number of benzene rings is 2. The highest BCUT2D eigenvalue weighted by Crippen LogP contribution is 2.34. The van der Waals surface area contributed by atoms with Crippen LogP contribution in [0.15, 0.2) is 42.5 Å². The van der Waals surface area contributed by atoms with Crippen molar-refractivity contribution in [1.82, 2.24) is 14.8 Å². The van der Waals surface area contributed by atoms with Crippen LogP contribution in [-0.4, -0.2) is 73.8 Å². The van der Waals surface area contributed by atoms with Gasteiger partial charge in [0.25, 0.3) is 5.91 Å². The van der Waals surface area contributed by atoms with Gasteiger partial charge in [-0.2, -0.15) is 0 Å². The Morgan fingerprint density at radius 3 is 2.38 bits per heavy atom. The first-order valence-corrected chi connectivity index (χ1v) is 11.0. The van der Waals surface area contributed by atoms with Crippen molar-refractivity contribution in [2.75, 3.05) is 47.0 Å². The quantitative estimate of drug-likeness (QED) is 0.565. The number of piperazine rings is 1. The van der Waals surface area contributed by atoms with Crippen molar-refractivity contribution in [1.29, 1.82) is 0 Å². The first-order valence-electron chi connectivity index (χ1n) is 11.0. The number of amides is 2. The molecule has 2 heterocycles. The molecule has 0 radical (unpaired) electrons. The van der Waals surface area contributed by atoms with Crippen molar-refractivity contribution in [2.45, 2.75) is 6.92 Å². The van der Waals surface area contributed by atoms with Gasteiger partial charge < -0.3 is 24.0 Å². The molecule has 2 aromatic carbocycles. The van der Waals surface area contributed by atoms with Gasteiger partial charge in [-0.3, -0.25) is 4.79 Å². The second kappa shape index (κ2) is 9.94. The molecule has 4 rings (SSSR count). The van der Waals surface area contributed by atoms with Crippen LogP contribution in [0.3, 0.4) is 0 Å². The van der Waals surface area contributed by atoms with Crippen LogP contribution >= 0.6 is 0 Å². The Balaban J connectivity index is 1.72. The fourth-order valence-corrected chi connectivity index (χ4v) is 4.00. The van der Waals surface area contributed by atoms with Gasteiger partial charge in [0, 0.05) is 43.2 Å². The Hall–Kier alpha value is -3.88. The zero-order valence-corrected chi connectivity index (χ0v) is 19.3. The molecule has 34 heavy (non-hydrogen) atoms. The zero-order chi connectivity index (χ0) is 24.2. The number of carbonyl (C=O) groups is 2. The lowest BCUT2D eigenvalue weighted by atomic mass is 10.0. The summed E-state index contributed by atoms with van der Waals surface area (Å²) in [5.41, 5.74) is 2.02. The molecule has 2 amide bonds. The van der Waals surface area contributed by atoms with Gasteiger partial charge in [-0.1, -0.05) is 0 Å². The van der Waals surface area contributed by atoms with E-state index in [4.69, 9.17) is 14.2 Å². The van der Waals surface area contributed by atoms with E-state index in [2.05, 4.69) is 4.98 Å². The lowest BCUT2D eigenvalue weighted by molar-refractivity contribution is 0.0572. The summed E-state index contributed by atoms with van der Waals surface area (Å²) < 4.78 is 30.0. The number of fused-ring (bicyclic) bond motifs is 1. The number of ether oxygens (including phenoxy) is 3. The molecule has 3 aromatic rings. The summed E-state index contributed by atoms with van der Waals surface area (Å²) in [6.45, 7) is 3.46. The minimum absolute atomic E-state index is 0.254. The standard InChI is InChI=1S/C25H26FN3O5/c1-4-34-25(31)29-11-9-28(10-12-29)24(30)20-15-22(27-21-8-5-16(26)13-19(20)21)18-7-6-17(32-2)14-23(18)33-3/h5-8,13-15H,4,9-12H2,1-3H3. The van der Waals surface area contributed by atoms with Crippen molar-refractivity contribution >= 4 is 22.9 Å². The Labute approximate surface area is 196 Å². The highest BCUT2D eigenvalue weighted by atomic mass is 19.1. The third kappa shape index (κ3) is 4.59. The molecule has 0 N–H and O–H groups in total. The van der Waals surface area contributed by atoms with Crippen LogP contribution in [0.25, 0.3) is 22.2 Å². The van der Waals surface area contributed by atoms with Gasteiger partial charge in [-0.25, -0.2) is 14.2 Å². The molecule has 1 saturated heterocycles. The summed E-state index contributed by atoms with van der Waals surface area (Å²) >= 11 is 0. The molecule has 1 aliphatic rings. The van der Waals surface area contributed by atoms with Crippen molar-refractivity contribution < 1.29 is 28.2 Å². The van der Waals surface area contributed by atoms with Crippen LogP contribution < -0.4 is 9.47 Å². The molecule has 8 nitrogen and oxygen atoms in total. The Morgan fingerprint density at radius 2 is 1.71 bits per heavy atom. The first kappa shape index (κ1) is 23.3. The average molecular weight is 467 g/mol. The van der Waals surface area contributed by atoms with Crippen LogP contribution in [0.2, 0.25) is 0 Å². The summed E-state index contributed by atoms with van der Waals surface area (Å²) in [7, 11) is 3.11. The fourth-order valence-electron chi connectivity index (χ4n) is 4.00. The van der Waals surface area contributed by atoms with Gasteiger partial charge in [-0.05, 0) is 43.3 Å². The van der Waals surface area contributed by atoms with E-state index in [1.165, 1.54) is 12.1 Å². The lowest BCUT2D eigenvalue weighted by Gasteiger charge is -2.34. The third-order valence-corrected chi connectivity index (χ3v) is 5.78. The van der Waals surface area contributed by atoms with Crippen LogP contribution in [-0.2, 0) is 4.74 Å². The number of rotatable bonds is 5. The van der Waals surface area contributed by atoms with Crippen molar-refractivity contribution in [3.05, 3.63) is 53.8 Å². The van der Waals surface area contributed by atoms with E-state index < -0.39 is 5.82 Å². The molecule has 0 aliphatic carbocycles. The molecular weight excluding hydrogens is 441 g/mol. The topological polar surface area (TPSA) is 81.2 Å². The highest BCUT2D eigenvalue weighted by Gasteiger charge is 2.27. The molecule has 0 spiro atoms. The molecule has 9 heteroatoms. The summed E-state index contributed by atoms with van der Waals surface area (Å²) in [6, 6.07) is 11.2. The molecule has 178 valence electrons. The van der Waals surface area contributed by atoms with Gasteiger partial charge in [0.1, 0.15) is 17.3 Å². The number of carbonyl (C=O) groups excluding carboxylic acids is 2. The minimum atomic E-state index is -0.453. The number of nitrogens with zero attached hydrogens (tertiary/aromatic N) is 3. The van der Waals surface area contributed by atoms with Gasteiger partial charge in [0.15, 0.2) is 0 Å². The third-order valence-electron chi connectivity index (χ3n) is 5.78. The van der Waals surface area contributed by atoms with Crippen molar-refractivity contribution in [3.63, 3.8) is 0 Å². The monoisotopic (exact) mass is 467 g/mol. The number of pyridine rings is 1. The van der Waals surface area contributed by atoms with Gasteiger partial charge in [0.05, 0.1) is 37.6 Å². The molecule has 0 bridgehead atoms. The van der Waals surface area contributed by atoms with Crippen LogP contribution in [0.1, 0.15) is 17.3 Å². The maximum atomic E-state index is 14.1. The van der Waals surface area contributed by atoms with Crippen molar-refractivity contribution in [2.24, 2.45) is 0 Å². The first-order chi connectivity index (χ1) is 16.4. The van der Waals surface area contributed by atoms with Crippen LogP contribution in [0.4, 0.5) is 9.18 Å². The molecule has 1 fully saturated rings. The number of hydrogen-bond acceptors (Lipinski definition) is 6. The fraction of sp³-hybridized carbons (Fsp3) is 0.320. The summed E-state index contributed by atoms with van der Waals surface area (Å²) in [6.07, 6.45) is -0.389. The molecule has 0 saturated carbocycles. The van der Waals surface area contributed by atoms with E-state index >= 15 is 0 Å². The van der Waals surface area contributed by atoms with E-state index in [0.717, 1.165) is 0 Å². The predicted octanol–water partition coefficient (Wildman–Crippen LogP) is 3.97. The summed E-state index contributed by atoms with van der Waals surface area (Å²) in [4.78, 5) is 33.4. The maximum Gasteiger partial charge on any atom is 0.409 e. The molecule has 1 aromatic heterocycles. The number of aromatic nitrogens is 1. The molecule has 1 aliphatic heterocycles. The largest absolute Gasteiger partial charge is 0.497 e. The predicted molar refractivity (Wildman–Crippen MR) is 125 cm³/mol. The van der Waals surface area contributed by atoms with Crippen LogP contribution in [0.5, 0.6) is 11.5 Å². The average Bonchev–Trinajstić information content (AvgIpc) is 2.87. The Bertz CT molecular complexity index is 1220. The van der Waals surface area contributed by atoms with E-state index in [0.29, 0.717) is 72.0 Å². The Kier molecular flexibility index (Phi) is 6.81. The van der Waals surface area contributed by atoms with E-state index in [1.54, 1.807) is 55.2 Å². The highest BCUT2D eigenvalue weighted by molar-refractivity contribution is 6.07. The smallest absolute Gasteiger partial charge is 0.409 e. The van der Waals surface area contributed by atoms with Gasteiger partial charge in [0.2, 0.25) is 0 Å². The number of hydrogen-bond donors (Lipinski definition) is 0.